The monoisotopic (exact) mass is 389 g/mol. The van der Waals surface area contributed by atoms with E-state index >= 15 is 0 Å². The van der Waals surface area contributed by atoms with Gasteiger partial charge in [0.25, 0.3) is 0 Å². The van der Waals surface area contributed by atoms with Crippen LogP contribution in [0.5, 0.6) is 0 Å². The van der Waals surface area contributed by atoms with Gasteiger partial charge >= 0.3 is 12.2 Å². The zero-order valence-corrected chi connectivity index (χ0v) is 14.5. The molecule has 11 heteroatoms. The lowest BCUT2D eigenvalue weighted by molar-refractivity contribution is -0.138. The van der Waals surface area contributed by atoms with Crippen LogP contribution >= 0.6 is 11.3 Å². The number of amides is 2. The molecule has 1 aromatic heterocycles. The van der Waals surface area contributed by atoms with Gasteiger partial charge in [0.1, 0.15) is 5.82 Å². The quantitative estimate of drug-likeness (QED) is 0.801. The highest BCUT2D eigenvalue weighted by Crippen LogP contribution is 2.34. The maximum absolute atomic E-state index is 13.7. The normalized spacial score (nSPS) is 15.3. The Bertz CT molecular complexity index is 802. The highest BCUT2D eigenvalue weighted by atomic mass is 32.1. The molecule has 1 N–H and O–H groups in total. The Balaban J connectivity index is 1.59. The van der Waals surface area contributed by atoms with Gasteiger partial charge in [-0.1, -0.05) is 17.4 Å². The first-order valence-electron chi connectivity index (χ1n) is 7.72. The second kappa shape index (κ2) is 7.06. The Morgan fingerprint density at radius 1 is 1.19 bits per heavy atom. The summed E-state index contributed by atoms with van der Waals surface area (Å²) in [4.78, 5) is 15.4. The van der Waals surface area contributed by atoms with Crippen LogP contribution in [0.2, 0.25) is 0 Å². The number of nitrogens with zero attached hydrogens (tertiary/aromatic N) is 4. The van der Waals surface area contributed by atoms with Gasteiger partial charge < -0.3 is 15.1 Å². The summed E-state index contributed by atoms with van der Waals surface area (Å²) < 4.78 is 51.5. The van der Waals surface area contributed by atoms with E-state index in [4.69, 9.17) is 0 Å². The van der Waals surface area contributed by atoms with Crippen molar-refractivity contribution in [3.05, 3.63) is 34.6 Å². The number of carbonyl (C=O) groups is 1. The fraction of sp³-hybridized carbons (Fsp3) is 0.400. The molecule has 0 aliphatic carbocycles. The van der Waals surface area contributed by atoms with Crippen molar-refractivity contribution in [3.63, 3.8) is 0 Å². The van der Waals surface area contributed by atoms with E-state index in [9.17, 15) is 22.4 Å². The van der Waals surface area contributed by atoms with E-state index in [1.54, 1.807) is 17.9 Å². The molecule has 2 aromatic rings. The Hall–Kier alpha value is -2.43. The van der Waals surface area contributed by atoms with Crippen LogP contribution in [0.1, 0.15) is 10.6 Å². The first-order chi connectivity index (χ1) is 12.2. The lowest BCUT2D eigenvalue weighted by Crippen LogP contribution is -2.50. The van der Waals surface area contributed by atoms with Gasteiger partial charge in [-0.3, -0.25) is 0 Å². The molecule has 0 atom stereocenters. The van der Waals surface area contributed by atoms with Crippen LogP contribution in [0.3, 0.4) is 0 Å². The van der Waals surface area contributed by atoms with Crippen molar-refractivity contribution in [1.82, 2.24) is 15.1 Å². The van der Waals surface area contributed by atoms with Gasteiger partial charge in [0.2, 0.25) is 10.1 Å². The van der Waals surface area contributed by atoms with Crippen molar-refractivity contribution in [3.8, 4) is 0 Å². The summed E-state index contributed by atoms with van der Waals surface area (Å²) in [5.41, 5.74) is 0.902. The predicted molar refractivity (Wildman–Crippen MR) is 88.9 cm³/mol. The van der Waals surface area contributed by atoms with Crippen LogP contribution < -0.4 is 10.2 Å². The molecule has 0 bridgehead atoms. The van der Waals surface area contributed by atoms with Gasteiger partial charge in [0.05, 0.1) is 5.69 Å². The SMILES string of the molecule is Cc1ccc(F)c(NC(=O)N2CCN(c3nnc(C(F)(F)F)s3)CC2)c1. The largest absolute Gasteiger partial charge is 0.445 e. The van der Waals surface area contributed by atoms with Crippen molar-refractivity contribution in [2.45, 2.75) is 13.1 Å². The van der Waals surface area contributed by atoms with Crippen LogP contribution in [-0.4, -0.2) is 47.3 Å². The van der Waals surface area contributed by atoms with Crippen LogP contribution in [0.4, 0.5) is 33.2 Å². The third kappa shape index (κ3) is 4.03. The number of hydrogen-bond acceptors (Lipinski definition) is 5. The van der Waals surface area contributed by atoms with Crippen molar-refractivity contribution < 1.29 is 22.4 Å². The molecule has 2 heterocycles. The molecular weight excluding hydrogens is 374 g/mol. The average molecular weight is 389 g/mol. The maximum atomic E-state index is 13.7. The number of aromatic nitrogens is 2. The number of benzene rings is 1. The third-order valence-electron chi connectivity index (χ3n) is 3.86. The number of piperazine rings is 1. The number of rotatable bonds is 2. The average Bonchev–Trinajstić information content (AvgIpc) is 3.09. The van der Waals surface area contributed by atoms with Crippen LogP contribution in [0.25, 0.3) is 0 Å². The topological polar surface area (TPSA) is 61.4 Å². The molecule has 1 aromatic carbocycles. The molecule has 26 heavy (non-hydrogen) atoms. The number of aryl methyl sites for hydroxylation is 1. The van der Waals surface area contributed by atoms with Gasteiger partial charge in [-0.2, -0.15) is 13.2 Å². The summed E-state index contributed by atoms with van der Waals surface area (Å²) in [5.74, 6) is -0.531. The summed E-state index contributed by atoms with van der Waals surface area (Å²) >= 11 is 0.472. The summed E-state index contributed by atoms with van der Waals surface area (Å²) in [5, 5.41) is 8.42. The highest BCUT2D eigenvalue weighted by Gasteiger charge is 2.36. The Morgan fingerprint density at radius 2 is 1.88 bits per heavy atom. The highest BCUT2D eigenvalue weighted by molar-refractivity contribution is 7.15. The summed E-state index contributed by atoms with van der Waals surface area (Å²) in [6, 6.07) is 3.95. The van der Waals surface area contributed by atoms with E-state index in [2.05, 4.69) is 15.5 Å². The number of alkyl halides is 3. The van der Waals surface area contributed by atoms with Crippen molar-refractivity contribution in [1.29, 1.82) is 0 Å². The van der Waals surface area contributed by atoms with Crippen LogP contribution in [-0.2, 0) is 6.18 Å². The predicted octanol–water partition coefficient (Wildman–Crippen LogP) is 3.36. The Labute approximate surface area is 150 Å². The van der Waals surface area contributed by atoms with Crippen LogP contribution in [0, 0.1) is 12.7 Å². The van der Waals surface area contributed by atoms with E-state index in [1.807, 2.05) is 0 Å². The van der Waals surface area contributed by atoms with Gasteiger partial charge in [-0.05, 0) is 24.6 Å². The molecule has 0 unspecified atom stereocenters. The van der Waals surface area contributed by atoms with E-state index in [0.29, 0.717) is 24.4 Å². The second-order valence-corrected chi connectivity index (χ2v) is 6.73. The molecule has 6 nitrogen and oxygen atoms in total. The van der Waals surface area contributed by atoms with Crippen molar-refractivity contribution >= 4 is 28.2 Å². The molecule has 2 amide bonds. The number of anilines is 2. The fourth-order valence-corrected chi connectivity index (χ4v) is 3.25. The number of nitrogens with one attached hydrogen (secondary N) is 1. The number of carbonyl (C=O) groups excluding carboxylic acids is 1. The number of urea groups is 1. The number of hydrogen-bond donors (Lipinski definition) is 1. The fourth-order valence-electron chi connectivity index (χ4n) is 2.49. The Kier molecular flexibility index (Phi) is 4.99. The molecule has 1 saturated heterocycles. The minimum atomic E-state index is -4.52. The van der Waals surface area contributed by atoms with Gasteiger partial charge in [0.15, 0.2) is 0 Å². The molecule has 1 aliphatic rings. The first-order valence-corrected chi connectivity index (χ1v) is 8.53. The maximum Gasteiger partial charge on any atom is 0.445 e. The van der Waals surface area contributed by atoms with Crippen molar-refractivity contribution in [2.75, 3.05) is 36.4 Å². The number of halogens is 4. The Morgan fingerprint density at radius 3 is 2.50 bits per heavy atom. The molecular formula is C15H15F4N5OS. The van der Waals surface area contributed by atoms with Crippen molar-refractivity contribution in [2.24, 2.45) is 0 Å². The molecule has 1 aliphatic heterocycles. The summed E-state index contributed by atoms with van der Waals surface area (Å²) in [7, 11) is 0. The molecule has 1 fully saturated rings. The zero-order valence-electron chi connectivity index (χ0n) is 13.7. The van der Waals surface area contributed by atoms with E-state index in [-0.39, 0.29) is 23.9 Å². The van der Waals surface area contributed by atoms with E-state index in [0.717, 1.165) is 5.56 Å². The molecule has 3 rings (SSSR count). The second-order valence-electron chi connectivity index (χ2n) is 5.78. The van der Waals surface area contributed by atoms with Crippen LogP contribution in [0.15, 0.2) is 18.2 Å². The molecule has 0 radical (unpaired) electrons. The zero-order chi connectivity index (χ0) is 18.9. The molecule has 0 saturated carbocycles. The summed E-state index contributed by atoms with van der Waals surface area (Å²) in [6.45, 7) is 2.97. The minimum absolute atomic E-state index is 0.0939. The van der Waals surface area contributed by atoms with E-state index < -0.39 is 23.0 Å². The van der Waals surface area contributed by atoms with Gasteiger partial charge in [0, 0.05) is 26.2 Å². The first kappa shape index (κ1) is 18.4. The lowest BCUT2D eigenvalue weighted by Gasteiger charge is -2.34. The van der Waals surface area contributed by atoms with E-state index in [1.165, 1.54) is 17.0 Å². The van der Waals surface area contributed by atoms with Gasteiger partial charge in [-0.25, -0.2) is 9.18 Å². The standard InChI is InChI=1S/C15H15F4N5OS/c1-9-2-3-10(16)11(8-9)20-13(25)23-4-6-24(7-5-23)14-22-21-12(26-14)15(17,18)19/h2-3,8H,4-7H2,1H3,(H,20,25). The third-order valence-corrected chi connectivity index (χ3v) is 4.89. The smallest absolute Gasteiger partial charge is 0.343 e. The minimum Gasteiger partial charge on any atom is -0.343 e. The lowest BCUT2D eigenvalue weighted by atomic mass is 10.2. The van der Waals surface area contributed by atoms with Gasteiger partial charge in [-0.15, -0.1) is 10.2 Å². The summed E-state index contributed by atoms with van der Waals surface area (Å²) in [6.07, 6.45) is -4.52. The molecule has 0 spiro atoms. The molecule has 140 valence electrons.